The number of rotatable bonds is 4. The van der Waals surface area contributed by atoms with Gasteiger partial charge in [-0.15, -0.1) is 0 Å². The molecule has 1 aliphatic heterocycles. The molecule has 0 radical (unpaired) electrons. The second-order valence-corrected chi connectivity index (χ2v) is 9.08. The second kappa shape index (κ2) is 5.21. The van der Waals surface area contributed by atoms with Crippen molar-refractivity contribution in [3.63, 3.8) is 0 Å². The van der Waals surface area contributed by atoms with Crippen molar-refractivity contribution in [3.8, 4) is 0 Å². The lowest BCUT2D eigenvalue weighted by Crippen LogP contribution is -2.55. The molecule has 8 heteroatoms. The summed E-state index contributed by atoms with van der Waals surface area (Å²) in [6, 6.07) is 0.131. The van der Waals surface area contributed by atoms with Crippen LogP contribution in [-0.4, -0.2) is 46.3 Å². The number of sulfonamides is 1. The molecule has 3 unspecified atom stereocenters. The van der Waals surface area contributed by atoms with Crippen LogP contribution >= 0.6 is 0 Å². The average Bonchev–Trinajstić information content (AvgIpc) is 2.05. The molecular weight excluding hydrogens is 264 g/mol. The Morgan fingerprint density at radius 3 is 2.24 bits per heavy atom. The Labute approximate surface area is 103 Å². The molecular formula is C9H20N2O4S2. The molecule has 1 saturated heterocycles. The van der Waals surface area contributed by atoms with Gasteiger partial charge in [0.25, 0.3) is 0 Å². The Bertz CT molecular complexity index is 457. The average molecular weight is 284 g/mol. The van der Waals surface area contributed by atoms with Gasteiger partial charge in [0, 0.05) is 24.4 Å². The summed E-state index contributed by atoms with van der Waals surface area (Å²) in [5.74, 6) is 0. The van der Waals surface area contributed by atoms with E-state index in [1.807, 2.05) is 13.8 Å². The largest absolute Gasteiger partial charge is 0.310 e. The normalized spacial score (nSPS) is 31.4. The number of hydrogen-bond donors (Lipinski definition) is 2. The molecule has 0 spiro atoms. The fourth-order valence-electron chi connectivity index (χ4n) is 2.04. The summed E-state index contributed by atoms with van der Waals surface area (Å²) >= 11 is 0. The highest BCUT2D eigenvalue weighted by Gasteiger charge is 2.29. The molecule has 1 rings (SSSR count). The maximum Gasteiger partial charge on any atom is 0.226 e. The summed E-state index contributed by atoms with van der Waals surface area (Å²) < 4.78 is 47.7. The minimum Gasteiger partial charge on any atom is -0.310 e. The maximum atomic E-state index is 11.6. The molecule has 1 heterocycles. The Balaban J connectivity index is 2.65. The lowest BCUT2D eigenvalue weighted by atomic mass is 9.96. The van der Waals surface area contributed by atoms with Gasteiger partial charge >= 0.3 is 0 Å². The highest BCUT2D eigenvalue weighted by Crippen LogP contribution is 2.14. The van der Waals surface area contributed by atoms with E-state index >= 15 is 0 Å². The van der Waals surface area contributed by atoms with Crippen molar-refractivity contribution < 1.29 is 16.8 Å². The first-order valence-corrected chi connectivity index (χ1v) is 9.24. The molecule has 3 atom stereocenters. The van der Waals surface area contributed by atoms with Crippen molar-refractivity contribution in [3.05, 3.63) is 0 Å². The van der Waals surface area contributed by atoms with Gasteiger partial charge in [-0.25, -0.2) is 21.6 Å². The number of sulfone groups is 1. The fraction of sp³-hybridized carbons (Fsp3) is 1.00. The molecule has 1 aliphatic rings. The molecule has 17 heavy (non-hydrogen) atoms. The van der Waals surface area contributed by atoms with E-state index in [4.69, 9.17) is 0 Å². The second-order valence-electron chi connectivity index (χ2n) is 4.82. The minimum absolute atomic E-state index is 0.00749. The van der Waals surface area contributed by atoms with Crippen LogP contribution in [-0.2, 0) is 19.9 Å². The van der Waals surface area contributed by atoms with Crippen LogP contribution < -0.4 is 10.0 Å². The van der Waals surface area contributed by atoms with Gasteiger partial charge in [-0.2, -0.15) is 0 Å². The SMILES string of the molecule is CC1CCC(NS(=O)(=O)CS(C)(=O)=O)C(C)N1. The topological polar surface area (TPSA) is 92.3 Å². The summed E-state index contributed by atoms with van der Waals surface area (Å²) in [4.78, 5) is 0. The third-order valence-corrected chi connectivity index (χ3v) is 6.38. The van der Waals surface area contributed by atoms with Crippen LogP contribution in [0.5, 0.6) is 0 Å². The van der Waals surface area contributed by atoms with Crippen LogP contribution in [0.15, 0.2) is 0 Å². The zero-order valence-corrected chi connectivity index (χ0v) is 11.9. The van der Waals surface area contributed by atoms with Crippen molar-refractivity contribution in [2.24, 2.45) is 0 Å². The van der Waals surface area contributed by atoms with Crippen molar-refractivity contribution in [1.82, 2.24) is 10.0 Å². The van der Waals surface area contributed by atoms with Crippen molar-refractivity contribution in [2.75, 3.05) is 11.3 Å². The third-order valence-electron chi connectivity index (χ3n) is 2.76. The van der Waals surface area contributed by atoms with Crippen LogP contribution in [0.1, 0.15) is 26.7 Å². The maximum absolute atomic E-state index is 11.6. The third kappa shape index (κ3) is 5.33. The standard InChI is InChI=1S/C9H20N2O4S2/c1-7-4-5-9(8(2)10-7)11-17(14,15)6-16(3,12)13/h7-11H,4-6H2,1-3H3. The van der Waals surface area contributed by atoms with E-state index in [1.54, 1.807) is 0 Å². The molecule has 6 nitrogen and oxygen atoms in total. The summed E-state index contributed by atoms with van der Waals surface area (Å²) in [6.07, 6.45) is 2.51. The number of nitrogens with one attached hydrogen (secondary N) is 2. The van der Waals surface area contributed by atoms with Crippen LogP contribution in [0.4, 0.5) is 0 Å². The zero-order chi connectivity index (χ0) is 13.3. The molecule has 0 aliphatic carbocycles. The molecule has 0 aromatic carbocycles. The van der Waals surface area contributed by atoms with Gasteiger partial charge in [-0.3, -0.25) is 0 Å². The minimum atomic E-state index is -3.77. The molecule has 102 valence electrons. The summed E-state index contributed by atoms with van der Waals surface area (Å²) in [7, 11) is -7.30. The number of hydrogen-bond acceptors (Lipinski definition) is 5. The summed E-state index contributed by atoms with van der Waals surface area (Å²) in [5.41, 5.74) is 0. The van der Waals surface area contributed by atoms with Crippen molar-refractivity contribution >= 4 is 19.9 Å². The number of piperidine rings is 1. The Morgan fingerprint density at radius 1 is 1.18 bits per heavy atom. The Hall–Kier alpha value is -0.180. The lowest BCUT2D eigenvalue weighted by Gasteiger charge is -2.34. The van der Waals surface area contributed by atoms with E-state index in [9.17, 15) is 16.8 Å². The van der Waals surface area contributed by atoms with Crippen LogP contribution in [0.2, 0.25) is 0 Å². The molecule has 0 aromatic heterocycles. The fourth-order valence-corrected chi connectivity index (χ4v) is 5.35. The quantitative estimate of drug-likeness (QED) is 0.722. The van der Waals surface area contributed by atoms with Gasteiger partial charge in [0.15, 0.2) is 14.9 Å². The molecule has 0 amide bonds. The smallest absolute Gasteiger partial charge is 0.226 e. The summed E-state index contributed by atoms with van der Waals surface area (Å²) in [6.45, 7) is 3.93. The van der Waals surface area contributed by atoms with Crippen molar-refractivity contribution in [2.45, 2.75) is 44.8 Å². The molecule has 1 fully saturated rings. The first kappa shape index (κ1) is 14.9. The van der Waals surface area contributed by atoms with E-state index in [0.29, 0.717) is 6.04 Å². The van der Waals surface area contributed by atoms with Gasteiger partial charge in [0.1, 0.15) is 0 Å². The van der Waals surface area contributed by atoms with E-state index in [2.05, 4.69) is 10.0 Å². The van der Waals surface area contributed by atoms with E-state index in [0.717, 1.165) is 19.1 Å². The lowest BCUT2D eigenvalue weighted by molar-refractivity contribution is 0.297. The molecule has 2 N–H and O–H groups in total. The van der Waals surface area contributed by atoms with Gasteiger partial charge in [-0.05, 0) is 26.7 Å². The van der Waals surface area contributed by atoms with Gasteiger partial charge in [-0.1, -0.05) is 0 Å². The molecule has 0 bridgehead atoms. The van der Waals surface area contributed by atoms with Gasteiger partial charge in [0.05, 0.1) is 0 Å². The first-order chi connectivity index (χ1) is 7.59. The van der Waals surface area contributed by atoms with E-state index in [1.165, 1.54) is 0 Å². The zero-order valence-electron chi connectivity index (χ0n) is 10.3. The van der Waals surface area contributed by atoms with Gasteiger partial charge in [0.2, 0.25) is 10.0 Å². The highest BCUT2D eigenvalue weighted by molar-refractivity contribution is 8.06. The van der Waals surface area contributed by atoms with Crippen molar-refractivity contribution in [1.29, 1.82) is 0 Å². The predicted octanol–water partition coefficient (Wildman–Crippen LogP) is -0.563. The monoisotopic (exact) mass is 284 g/mol. The molecule has 0 saturated carbocycles. The van der Waals surface area contributed by atoms with Crippen LogP contribution in [0.3, 0.4) is 0 Å². The van der Waals surface area contributed by atoms with Gasteiger partial charge < -0.3 is 5.32 Å². The Kier molecular flexibility index (Phi) is 4.56. The first-order valence-electron chi connectivity index (χ1n) is 5.53. The summed E-state index contributed by atoms with van der Waals surface area (Å²) in [5, 5.41) is 2.39. The Morgan fingerprint density at radius 2 is 1.76 bits per heavy atom. The van der Waals surface area contributed by atoms with Crippen LogP contribution in [0, 0.1) is 0 Å². The molecule has 0 aromatic rings. The predicted molar refractivity (Wildman–Crippen MR) is 66.8 cm³/mol. The van der Waals surface area contributed by atoms with E-state index < -0.39 is 24.9 Å². The highest BCUT2D eigenvalue weighted by atomic mass is 32.3. The van der Waals surface area contributed by atoms with E-state index in [-0.39, 0.29) is 12.1 Å². The van der Waals surface area contributed by atoms with Crippen LogP contribution in [0.25, 0.3) is 0 Å².